The van der Waals surface area contributed by atoms with E-state index in [2.05, 4.69) is 0 Å². The predicted molar refractivity (Wildman–Crippen MR) is 83.4 cm³/mol. The lowest BCUT2D eigenvalue weighted by Gasteiger charge is -2.16. The molecule has 0 aromatic heterocycles. The van der Waals surface area contributed by atoms with Gasteiger partial charge in [-0.15, -0.1) is 0 Å². The summed E-state index contributed by atoms with van der Waals surface area (Å²) in [6.07, 6.45) is 0.0537. The Morgan fingerprint density at radius 3 is 2.39 bits per heavy atom. The topological polar surface area (TPSA) is 121 Å². The van der Waals surface area contributed by atoms with Gasteiger partial charge in [-0.05, 0) is 24.8 Å². The molecule has 1 aromatic rings. The van der Waals surface area contributed by atoms with E-state index >= 15 is 0 Å². The van der Waals surface area contributed by atoms with Gasteiger partial charge in [0.15, 0.2) is 0 Å². The number of hydrogen-bond donors (Lipinski definition) is 3. The number of rotatable bonds is 11. The van der Waals surface area contributed by atoms with Crippen LogP contribution in [-0.2, 0) is 25.1 Å². The third-order valence-corrected chi connectivity index (χ3v) is 4.74. The third-order valence-electron chi connectivity index (χ3n) is 3.25. The molecule has 0 saturated heterocycles. The molecule has 0 aliphatic heterocycles. The predicted octanol–water partition coefficient (Wildman–Crippen LogP) is 2.39. The average Bonchev–Trinajstić information content (AvgIpc) is 2.48. The van der Waals surface area contributed by atoms with Gasteiger partial charge in [-0.2, -0.15) is 0 Å². The molecule has 0 heterocycles. The summed E-state index contributed by atoms with van der Waals surface area (Å²) < 4.78 is 16.8. The second-order valence-corrected chi connectivity index (χ2v) is 7.11. The van der Waals surface area contributed by atoms with Gasteiger partial charge < -0.3 is 19.6 Å². The fourth-order valence-corrected chi connectivity index (χ4v) is 3.47. The van der Waals surface area contributed by atoms with E-state index in [1.165, 1.54) is 0 Å². The van der Waals surface area contributed by atoms with Crippen LogP contribution >= 0.6 is 7.60 Å². The van der Waals surface area contributed by atoms with Crippen LogP contribution in [0.4, 0.5) is 0 Å². The van der Waals surface area contributed by atoms with Crippen LogP contribution in [0.2, 0.25) is 0 Å². The number of benzene rings is 1. The fraction of sp³-hybridized carbons (Fsp3) is 0.467. The van der Waals surface area contributed by atoms with Crippen LogP contribution in [-0.4, -0.2) is 39.8 Å². The van der Waals surface area contributed by atoms with E-state index in [0.717, 1.165) is 5.56 Å². The standard InChI is InChI=1S/C15H21O7P/c16-14(17)9-8-13(15(18)19)11-23(20,21)22-10-4-7-12-5-2-1-3-6-12/h1-3,5-6,13H,4,7-11H2,(H,16,17)(H,18,19)(H,20,21)/t13-/m1/s1. The average molecular weight is 344 g/mol. The molecule has 0 aliphatic carbocycles. The number of aryl methyl sites for hydroxylation is 1. The largest absolute Gasteiger partial charge is 0.481 e. The normalized spacial score (nSPS) is 14.8. The zero-order valence-corrected chi connectivity index (χ0v) is 13.5. The third kappa shape index (κ3) is 8.50. The minimum Gasteiger partial charge on any atom is -0.481 e. The summed E-state index contributed by atoms with van der Waals surface area (Å²) in [4.78, 5) is 31.2. The lowest BCUT2D eigenvalue weighted by Crippen LogP contribution is -2.20. The quantitative estimate of drug-likeness (QED) is 0.416. The molecule has 0 amide bonds. The lowest BCUT2D eigenvalue weighted by molar-refractivity contribution is -0.142. The van der Waals surface area contributed by atoms with Crippen LogP contribution in [0.5, 0.6) is 0 Å². The highest BCUT2D eigenvalue weighted by Crippen LogP contribution is 2.44. The van der Waals surface area contributed by atoms with Gasteiger partial charge in [0.05, 0.1) is 18.7 Å². The molecule has 3 N–H and O–H groups in total. The minimum atomic E-state index is -4.06. The lowest BCUT2D eigenvalue weighted by atomic mass is 10.1. The van der Waals surface area contributed by atoms with E-state index in [1.807, 2.05) is 30.3 Å². The molecule has 0 spiro atoms. The molecular weight excluding hydrogens is 323 g/mol. The summed E-state index contributed by atoms with van der Waals surface area (Å²) in [5.74, 6) is -3.66. The second kappa shape index (κ2) is 9.45. The molecule has 2 atom stereocenters. The Labute approximate surface area is 134 Å². The minimum absolute atomic E-state index is 0.0357. The highest BCUT2D eigenvalue weighted by molar-refractivity contribution is 7.52. The molecule has 0 saturated carbocycles. The summed E-state index contributed by atoms with van der Waals surface area (Å²) in [6.45, 7) is 0.0357. The molecule has 7 nitrogen and oxygen atoms in total. The van der Waals surface area contributed by atoms with Crippen molar-refractivity contribution in [1.82, 2.24) is 0 Å². The maximum atomic E-state index is 11.9. The first-order chi connectivity index (χ1) is 10.8. The van der Waals surface area contributed by atoms with Crippen LogP contribution < -0.4 is 0 Å². The Balaban J connectivity index is 2.39. The molecule has 1 aromatic carbocycles. The molecule has 0 radical (unpaired) electrons. The summed E-state index contributed by atoms with van der Waals surface area (Å²) in [5.41, 5.74) is 1.08. The maximum absolute atomic E-state index is 11.9. The van der Waals surface area contributed by atoms with Crippen molar-refractivity contribution in [2.75, 3.05) is 12.8 Å². The first-order valence-electron chi connectivity index (χ1n) is 7.25. The molecule has 0 aliphatic rings. The monoisotopic (exact) mass is 344 g/mol. The van der Waals surface area contributed by atoms with E-state index in [9.17, 15) is 19.0 Å². The Bertz CT molecular complexity index is 558. The summed E-state index contributed by atoms with van der Waals surface area (Å²) in [7, 11) is -4.06. The van der Waals surface area contributed by atoms with Crippen molar-refractivity contribution < 1.29 is 33.8 Å². The van der Waals surface area contributed by atoms with Crippen molar-refractivity contribution in [2.45, 2.75) is 25.7 Å². The van der Waals surface area contributed by atoms with Gasteiger partial charge in [0.2, 0.25) is 0 Å². The van der Waals surface area contributed by atoms with Crippen molar-refractivity contribution in [2.24, 2.45) is 5.92 Å². The van der Waals surface area contributed by atoms with Crippen molar-refractivity contribution in [1.29, 1.82) is 0 Å². The van der Waals surface area contributed by atoms with E-state index < -0.39 is 31.6 Å². The number of aliphatic carboxylic acids is 2. The highest BCUT2D eigenvalue weighted by Gasteiger charge is 2.30. The van der Waals surface area contributed by atoms with Gasteiger partial charge in [-0.1, -0.05) is 30.3 Å². The van der Waals surface area contributed by atoms with E-state index in [-0.39, 0.29) is 19.4 Å². The number of carbonyl (C=O) groups is 2. The van der Waals surface area contributed by atoms with Crippen LogP contribution in [0, 0.1) is 5.92 Å². The summed E-state index contributed by atoms with van der Waals surface area (Å²) >= 11 is 0. The zero-order chi connectivity index (χ0) is 17.3. The first kappa shape index (κ1) is 19.4. The van der Waals surface area contributed by atoms with Crippen molar-refractivity contribution in [3.63, 3.8) is 0 Å². The molecule has 1 rings (SSSR count). The molecule has 128 valence electrons. The molecule has 1 unspecified atom stereocenters. The number of carboxylic acid groups (broad SMARTS) is 2. The van der Waals surface area contributed by atoms with E-state index in [4.69, 9.17) is 14.7 Å². The Morgan fingerprint density at radius 2 is 1.83 bits per heavy atom. The molecule has 0 fully saturated rings. The van der Waals surface area contributed by atoms with Gasteiger partial charge >= 0.3 is 19.5 Å². The summed E-state index contributed by atoms with van der Waals surface area (Å²) in [5, 5.41) is 17.6. The molecule has 0 bridgehead atoms. The summed E-state index contributed by atoms with van der Waals surface area (Å²) in [6, 6.07) is 9.56. The highest BCUT2D eigenvalue weighted by atomic mass is 31.2. The second-order valence-electron chi connectivity index (χ2n) is 5.21. The van der Waals surface area contributed by atoms with Gasteiger partial charge in [-0.3, -0.25) is 14.2 Å². The van der Waals surface area contributed by atoms with Crippen molar-refractivity contribution in [3.05, 3.63) is 35.9 Å². The van der Waals surface area contributed by atoms with E-state index in [0.29, 0.717) is 12.8 Å². The van der Waals surface area contributed by atoms with Crippen molar-refractivity contribution in [3.8, 4) is 0 Å². The first-order valence-corrected chi connectivity index (χ1v) is 9.01. The molecule has 23 heavy (non-hydrogen) atoms. The van der Waals surface area contributed by atoms with Gasteiger partial charge in [0, 0.05) is 6.42 Å². The Kier molecular flexibility index (Phi) is 7.95. The SMILES string of the molecule is O=C(O)CC[C@H](CP(=O)(O)OCCCc1ccccc1)C(=O)O. The smallest absolute Gasteiger partial charge is 0.328 e. The molecular formula is C15H21O7P. The van der Waals surface area contributed by atoms with Gasteiger partial charge in [0.25, 0.3) is 0 Å². The van der Waals surface area contributed by atoms with Crippen LogP contribution in [0.3, 0.4) is 0 Å². The Hall–Kier alpha value is -1.69. The van der Waals surface area contributed by atoms with Crippen molar-refractivity contribution >= 4 is 19.5 Å². The van der Waals surface area contributed by atoms with E-state index in [1.54, 1.807) is 0 Å². The zero-order valence-electron chi connectivity index (χ0n) is 12.6. The van der Waals surface area contributed by atoms with Crippen LogP contribution in [0.25, 0.3) is 0 Å². The fourth-order valence-electron chi connectivity index (χ4n) is 2.05. The molecule has 8 heteroatoms. The Morgan fingerprint density at radius 1 is 1.17 bits per heavy atom. The number of hydrogen-bond acceptors (Lipinski definition) is 4. The van der Waals surface area contributed by atoms with Gasteiger partial charge in [-0.25, -0.2) is 0 Å². The number of carboxylic acids is 2. The van der Waals surface area contributed by atoms with Crippen LogP contribution in [0.1, 0.15) is 24.8 Å². The maximum Gasteiger partial charge on any atom is 0.328 e. The van der Waals surface area contributed by atoms with Crippen LogP contribution in [0.15, 0.2) is 30.3 Å². The van der Waals surface area contributed by atoms with Gasteiger partial charge in [0.1, 0.15) is 0 Å².